The van der Waals surface area contributed by atoms with Gasteiger partial charge in [0.25, 0.3) is 0 Å². The Hall–Kier alpha value is -0.420. The molecule has 4 nitrogen and oxygen atoms in total. The van der Waals surface area contributed by atoms with E-state index in [2.05, 4.69) is 0 Å². The maximum Gasteiger partial charge on any atom is 0.155 e. The van der Waals surface area contributed by atoms with Gasteiger partial charge in [-0.1, -0.05) is 13.3 Å². The van der Waals surface area contributed by atoms with Crippen LogP contribution in [-0.2, 0) is 14.6 Å². The molecule has 0 aliphatic rings. The molecule has 0 saturated heterocycles. The van der Waals surface area contributed by atoms with Crippen LogP contribution in [0.25, 0.3) is 0 Å². The van der Waals surface area contributed by atoms with Crippen molar-refractivity contribution in [2.75, 3.05) is 5.75 Å². The summed E-state index contributed by atoms with van der Waals surface area (Å²) in [6.45, 7) is 8.54. The highest BCUT2D eigenvalue weighted by Gasteiger charge is 2.32. The first-order valence-corrected chi connectivity index (χ1v) is 7.64. The molecule has 17 heavy (non-hydrogen) atoms. The summed E-state index contributed by atoms with van der Waals surface area (Å²) in [6.07, 6.45) is 1.40. The van der Waals surface area contributed by atoms with Crippen molar-refractivity contribution >= 4 is 15.6 Å². The van der Waals surface area contributed by atoms with Crippen LogP contribution in [0.15, 0.2) is 0 Å². The van der Waals surface area contributed by atoms with E-state index in [0.29, 0.717) is 6.42 Å². The van der Waals surface area contributed by atoms with Crippen LogP contribution in [0.2, 0.25) is 0 Å². The lowest BCUT2D eigenvalue weighted by atomic mass is 9.91. The van der Waals surface area contributed by atoms with E-state index < -0.39 is 20.1 Å². The summed E-state index contributed by atoms with van der Waals surface area (Å²) >= 11 is 0. The van der Waals surface area contributed by atoms with Crippen LogP contribution >= 0.6 is 0 Å². The maximum absolute atomic E-state index is 11.8. The zero-order valence-electron chi connectivity index (χ0n) is 11.5. The summed E-state index contributed by atoms with van der Waals surface area (Å²) in [6, 6.07) is 0. The smallest absolute Gasteiger partial charge is 0.155 e. The summed E-state index contributed by atoms with van der Waals surface area (Å²) in [7, 11) is -3.24. The van der Waals surface area contributed by atoms with Crippen molar-refractivity contribution in [1.82, 2.24) is 0 Å². The number of nitrogens with two attached hydrogens (primary N) is 1. The number of sulfone groups is 1. The van der Waals surface area contributed by atoms with Gasteiger partial charge in [0, 0.05) is 6.42 Å². The molecule has 0 aromatic heterocycles. The third-order valence-electron chi connectivity index (χ3n) is 2.94. The van der Waals surface area contributed by atoms with Gasteiger partial charge >= 0.3 is 0 Å². The van der Waals surface area contributed by atoms with Crippen LogP contribution in [0.4, 0.5) is 0 Å². The highest BCUT2D eigenvalue weighted by Crippen LogP contribution is 2.19. The Bertz CT molecular complexity index is 364. The molecular formula is C12H25NO3S. The molecular weight excluding hydrogens is 238 g/mol. The molecule has 0 fully saturated rings. The third-order valence-corrected chi connectivity index (χ3v) is 5.54. The Morgan fingerprint density at radius 2 is 1.65 bits per heavy atom. The predicted octanol–water partition coefficient (Wildman–Crippen LogP) is 1.68. The number of hydrogen-bond acceptors (Lipinski definition) is 4. The number of carbonyl (C=O) groups excluding carboxylic acids is 1. The van der Waals surface area contributed by atoms with Gasteiger partial charge in [0.05, 0.1) is 16.0 Å². The number of rotatable bonds is 6. The summed E-state index contributed by atoms with van der Waals surface area (Å²) in [5.41, 5.74) is 4.96. The van der Waals surface area contributed by atoms with Gasteiger partial charge in [-0.05, 0) is 34.1 Å². The van der Waals surface area contributed by atoms with Gasteiger partial charge in [-0.25, -0.2) is 8.42 Å². The van der Waals surface area contributed by atoms with Gasteiger partial charge in [0.15, 0.2) is 15.6 Å². The summed E-state index contributed by atoms with van der Waals surface area (Å²) in [4.78, 5) is 11.8. The Morgan fingerprint density at radius 3 is 2.00 bits per heavy atom. The van der Waals surface area contributed by atoms with Crippen LogP contribution in [0, 0.1) is 0 Å². The van der Waals surface area contributed by atoms with Crippen LogP contribution in [0.1, 0.15) is 53.9 Å². The normalized spacial score (nSPS) is 16.6. The SMILES string of the molecule is CCCC(C)(N)C(=O)CCS(=O)(=O)C(C)(C)C. The average Bonchev–Trinajstić information content (AvgIpc) is 2.12. The lowest BCUT2D eigenvalue weighted by Gasteiger charge is -2.24. The van der Waals surface area contributed by atoms with Crippen LogP contribution in [-0.4, -0.2) is 30.2 Å². The van der Waals surface area contributed by atoms with Crippen molar-refractivity contribution in [3.63, 3.8) is 0 Å². The largest absolute Gasteiger partial charge is 0.319 e. The topological polar surface area (TPSA) is 77.2 Å². The van der Waals surface area contributed by atoms with Crippen LogP contribution in [0.5, 0.6) is 0 Å². The molecule has 0 amide bonds. The molecule has 102 valence electrons. The molecule has 0 saturated carbocycles. The monoisotopic (exact) mass is 263 g/mol. The molecule has 0 spiro atoms. The molecule has 0 aromatic rings. The molecule has 5 heteroatoms. The standard InChI is InChI=1S/C12H25NO3S/c1-6-8-12(5,13)10(14)7-9-17(15,16)11(2,3)4/h6-9,13H2,1-5H3. The van der Waals surface area contributed by atoms with Crippen molar-refractivity contribution in [1.29, 1.82) is 0 Å². The first kappa shape index (κ1) is 16.6. The zero-order valence-corrected chi connectivity index (χ0v) is 12.4. The molecule has 2 N–H and O–H groups in total. The molecule has 0 aliphatic heterocycles. The van der Waals surface area contributed by atoms with Gasteiger partial charge in [0.1, 0.15) is 0 Å². The first-order chi connectivity index (χ1) is 7.44. The van der Waals surface area contributed by atoms with Gasteiger partial charge < -0.3 is 5.73 Å². The molecule has 0 aliphatic carbocycles. The molecule has 0 radical (unpaired) electrons. The Labute approximate surface area is 105 Å². The maximum atomic E-state index is 11.8. The Balaban J connectivity index is 4.56. The van der Waals surface area contributed by atoms with Crippen molar-refractivity contribution in [2.45, 2.75) is 64.2 Å². The average molecular weight is 263 g/mol. The van der Waals surface area contributed by atoms with Crippen molar-refractivity contribution in [2.24, 2.45) is 5.73 Å². The van der Waals surface area contributed by atoms with Gasteiger partial charge in [-0.15, -0.1) is 0 Å². The number of Topliss-reactive ketones (excluding diaryl/α,β-unsaturated/α-hetero) is 1. The number of carbonyl (C=O) groups is 1. The summed E-state index contributed by atoms with van der Waals surface area (Å²) < 4.78 is 22.9. The van der Waals surface area contributed by atoms with E-state index >= 15 is 0 Å². The quantitative estimate of drug-likeness (QED) is 0.791. The van der Waals surface area contributed by atoms with E-state index in [0.717, 1.165) is 6.42 Å². The van der Waals surface area contributed by atoms with Gasteiger partial charge in [-0.2, -0.15) is 0 Å². The fraction of sp³-hybridized carbons (Fsp3) is 0.917. The second kappa shape index (κ2) is 5.48. The minimum absolute atomic E-state index is 0.00655. The zero-order chi connectivity index (χ0) is 13.9. The molecule has 0 heterocycles. The minimum Gasteiger partial charge on any atom is -0.319 e. The van der Waals surface area contributed by atoms with Gasteiger partial charge in [0.2, 0.25) is 0 Å². The lowest BCUT2D eigenvalue weighted by Crippen LogP contribution is -2.45. The fourth-order valence-electron chi connectivity index (χ4n) is 1.48. The van der Waals surface area contributed by atoms with E-state index in [1.165, 1.54) is 0 Å². The highest BCUT2D eigenvalue weighted by molar-refractivity contribution is 7.92. The van der Waals surface area contributed by atoms with E-state index in [9.17, 15) is 13.2 Å². The Morgan fingerprint density at radius 1 is 1.18 bits per heavy atom. The molecule has 0 bridgehead atoms. The second-order valence-corrected chi connectivity index (χ2v) is 8.63. The summed E-state index contributed by atoms with van der Waals surface area (Å²) in [5, 5.41) is 0. The lowest BCUT2D eigenvalue weighted by molar-refractivity contribution is -0.123. The van der Waals surface area contributed by atoms with E-state index in [1.54, 1.807) is 27.7 Å². The summed E-state index contributed by atoms with van der Waals surface area (Å²) in [5.74, 6) is -0.293. The molecule has 1 unspecified atom stereocenters. The van der Waals surface area contributed by atoms with Crippen LogP contribution < -0.4 is 5.73 Å². The molecule has 0 aromatic carbocycles. The van der Waals surface area contributed by atoms with E-state index in [1.807, 2.05) is 6.92 Å². The predicted molar refractivity (Wildman–Crippen MR) is 70.7 cm³/mol. The highest BCUT2D eigenvalue weighted by atomic mass is 32.2. The fourth-order valence-corrected chi connectivity index (χ4v) is 2.54. The number of ketones is 1. The Kier molecular flexibility index (Phi) is 5.35. The number of hydrogen-bond donors (Lipinski definition) is 1. The minimum atomic E-state index is -3.24. The van der Waals surface area contributed by atoms with E-state index in [4.69, 9.17) is 5.73 Å². The van der Waals surface area contributed by atoms with Crippen molar-refractivity contribution in [3.8, 4) is 0 Å². The molecule has 1 atom stereocenters. The third kappa shape index (κ3) is 4.76. The molecule has 0 rings (SSSR count). The van der Waals surface area contributed by atoms with Crippen molar-refractivity contribution in [3.05, 3.63) is 0 Å². The van der Waals surface area contributed by atoms with Gasteiger partial charge in [-0.3, -0.25) is 4.79 Å². The first-order valence-electron chi connectivity index (χ1n) is 5.98. The van der Waals surface area contributed by atoms with Crippen molar-refractivity contribution < 1.29 is 13.2 Å². The van der Waals surface area contributed by atoms with Crippen LogP contribution in [0.3, 0.4) is 0 Å². The second-order valence-electron chi connectivity index (χ2n) is 5.77. The van der Waals surface area contributed by atoms with E-state index in [-0.39, 0.29) is 18.0 Å².